The van der Waals surface area contributed by atoms with E-state index in [-0.39, 0.29) is 0 Å². The monoisotopic (exact) mass is 249 g/mol. The van der Waals surface area contributed by atoms with Crippen LogP contribution in [-0.4, -0.2) is 23.4 Å². The minimum atomic E-state index is 0.374. The largest absolute Gasteiger partial charge is 0.339 e. The van der Waals surface area contributed by atoms with Crippen LogP contribution in [0.5, 0.6) is 0 Å². The third kappa shape index (κ3) is 2.44. The predicted octanol–water partition coefficient (Wildman–Crippen LogP) is 3.75. The van der Waals surface area contributed by atoms with Gasteiger partial charge in [-0.15, -0.1) is 0 Å². The normalized spacial score (nSPS) is 34.1. The molecule has 102 valence electrons. The number of hydrogen-bond acceptors (Lipinski definition) is 1. The van der Waals surface area contributed by atoms with Gasteiger partial charge in [0.15, 0.2) is 0 Å². The van der Waals surface area contributed by atoms with E-state index in [1.165, 1.54) is 57.8 Å². The highest BCUT2D eigenvalue weighted by atomic mass is 16.2. The predicted molar refractivity (Wildman–Crippen MR) is 73.3 cm³/mol. The summed E-state index contributed by atoms with van der Waals surface area (Å²) >= 11 is 0. The van der Waals surface area contributed by atoms with E-state index in [0.717, 1.165) is 25.3 Å². The van der Waals surface area contributed by atoms with E-state index in [4.69, 9.17) is 0 Å². The Balaban J connectivity index is 1.67. The number of hydrogen-bond donors (Lipinski definition) is 0. The molecular weight excluding hydrogens is 222 g/mol. The molecule has 2 atom stereocenters. The Morgan fingerprint density at radius 2 is 1.44 bits per heavy atom. The van der Waals surface area contributed by atoms with Crippen molar-refractivity contribution in [2.75, 3.05) is 6.54 Å². The van der Waals surface area contributed by atoms with Crippen LogP contribution in [0.2, 0.25) is 0 Å². The molecule has 3 fully saturated rings. The van der Waals surface area contributed by atoms with Gasteiger partial charge in [0.05, 0.1) is 0 Å². The van der Waals surface area contributed by atoms with Gasteiger partial charge in [0.1, 0.15) is 0 Å². The lowest BCUT2D eigenvalue weighted by atomic mass is 9.77. The number of fused-ring (bicyclic) bond motifs is 1. The summed E-state index contributed by atoms with van der Waals surface area (Å²) in [7, 11) is 0. The Kier molecular flexibility index (Phi) is 3.91. The van der Waals surface area contributed by atoms with Gasteiger partial charge in [-0.1, -0.05) is 32.1 Å². The number of nitrogens with zero attached hydrogens (tertiary/aromatic N) is 1. The van der Waals surface area contributed by atoms with Gasteiger partial charge in [0.2, 0.25) is 5.91 Å². The van der Waals surface area contributed by atoms with Crippen molar-refractivity contribution in [1.29, 1.82) is 0 Å². The summed E-state index contributed by atoms with van der Waals surface area (Å²) in [6, 6.07) is 0.613. The lowest BCUT2D eigenvalue weighted by Crippen LogP contribution is -2.51. The number of likely N-dealkylation sites (tertiary alicyclic amines) is 1. The van der Waals surface area contributed by atoms with Crippen LogP contribution < -0.4 is 0 Å². The highest BCUT2D eigenvalue weighted by Crippen LogP contribution is 2.37. The summed E-state index contributed by atoms with van der Waals surface area (Å²) in [5, 5.41) is 0. The van der Waals surface area contributed by atoms with Gasteiger partial charge < -0.3 is 4.90 Å². The zero-order valence-corrected chi connectivity index (χ0v) is 11.6. The quantitative estimate of drug-likeness (QED) is 0.693. The number of amides is 1. The molecule has 0 aromatic carbocycles. The first-order chi connectivity index (χ1) is 8.86. The molecule has 0 radical (unpaired) electrons. The second-order valence-corrected chi connectivity index (χ2v) is 6.62. The lowest BCUT2D eigenvalue weighted by molar-refractivity contribution is -0.143. The van der Waals surface area contributed by atoms with E-state index >= 15 is 0 Å². The summed E-state index contributed by atoms with van der Waals surface area (Å²) in [5.74, 6) is 1.73. The molecule has 0 N–H and O–H groups in total. The highest BCUT2D eigenvalue weighted by molar-refractivity contribution is 5.79. The smallest absolute Gasteiger partial charge is 0.225 e. The van der Waals surface area contributed by atoms with Gasteiger partial charge in [-0.25, -0.2) is 0 Å². The van der Waals surface area contributed by atoms with Crippen LogP contribution in [0.1, 0.15) is 70.6 Å². The Hall–Kier alpha value is -0.530. The van der Waals surface area contributed by atoms with Crippen LogP contribution in [-0.2, 0) is 4.79 Å². The molecule has 2 saturated carbocycles. The maximum Gasteiger partial charge on any atom is 0.225 e. The molecule has 2 nitrogen and oxygen atoms in total. The molecule has 0 aromatic rings. The van der Waals surface area contributed by atoms with Crippen molar-refractivity contribution in [3.8, 4) is 0 Å². The van der Waals surface area contributed by atoms with Crippen molar-refractivity contribution in [3.63, 3.8) is 0 Å². The summed E-state index contributed by atoms with van der Waals surface area (Å²) < 4.78 is 0. The SMILES string of the molecule is O=C(C1CCCCC1)N1CCCC2CCCCC21. The molecule has 2 unspecified atom stereocenters. The molecule has 0 bridgehead atoms. The molecule has 0 aromatic heterocycles. The molecule has 1 saturated heterocycles. The van der Waals surface area contributed by atoms with Crippen molar-refractivity contribution < 1.29 is 4.79 Å². The molecule has 1 amide bonds. The standard InChI is InChI=1S/C16H27NO/c18-16(14-8-2-1-3-9-14)17-12-6-10-13-7-4-5-11-15(13)17/h13-15H,1-12H2. The van der Waals surface area contributed by atoms with Crippen LogP contribution in [0.25, 0.3) is 0 Å². The summed E-state index contributed by atoms with van der Waals surface area (Å²) in [4.78, 5) is 15.0. The molecule has 18 heavy (non-hydrogen) atoms. The van der Waals surface area contributed by atoms with Crippen molar-refractivity contribution in [2.45, 2.75) is 76.7 Å². The Morgan fingerprint density at radius 3 is 2.28 bits per heavy atom. The zero-order chi connectivity index (χ0) is 12.4. The molecule has 3 rings (SSSR count). The van der Waals surface area contributed by atoms with Gasteiger partial charge >= 0.3 is 0 Å². The molecule has 0 spiro atoms. The van der Waals surface area contributed by atoms with Gasteiger partial charge in [-0.3, -0.25) is 4.79 Å². The minimum Gasteiger partial charge on any atom is -0.339 e. The first-order valence-corrected chi connectivity index (χ1v) is 8.17. The zero-order valence-electron chi connectivity index (χ0n) is 11.6. The average molecular weight is 249 g/mol. The van der Waals surface area contributed by atoms with Crippen LogP contribution in [0.4, 0.5) is 0 Å². The van der Waals surface area contributed by atoms with Gasteiger partial charge in [0.25, 0.3) is 0 Å². The topological polar surface area (TPSA) is 20.3 Å². The van der Waals surface area contributed by atoms with Crippen LogP contribution >= 0.6 is 0 Å². The van der Waals surface area contributed by atoms with Crippen molar-refractivity contribution in [3.05, 3.63) is 0 Å². The van der Waals surface area contributed by atoms with Gasteiger partial charge in [-0.2, -0.15) is 0 Å². The van der Waals surface area contributed by atoms with Crippen molar-refractivity contribution >= 4 is 5.91 Å². The van der Waals surface area contributed by atoms with Crippen LogP contribution in [0.3, 0.4) is 0 Å². The van der Waals surface area contributed by atoms with E-state index in [0.29, 0.717) is 17.9 Å². The summed E-state index contributed by atoms with van der Waals surface area (Å²) in [6.45, 7) is 1.05. The molecule has 2 heteroatoms. The number of carbonyl (C=O) groups is 1. The van der Waals surface area contributed by atoms with E-state index in [1.54, 1.807) is 0 Å². The summed E-state index contributed by atoms with van der Waals surface area (Å²) in [6.07, 6.45) is 14.2. The minimum absolute atomic E-state index is 0.374. The maximum absolute atomic E-state index is 12.7. The van der Waals surface area contributed by atoms with Crippen LogP contribution in [0.15, 0.2) is 0 Å². The number of carbonyl (C=O) groups excluding carboxylic acids is 1. The fourth-order valence-corrected chi connectivity index (χ4v) is 4.48. The Morgan fingerprint density at radius 1 is 0.778 bits per heavy atom. The molecule has 3 aliphatic rings. The average Bonchev–Trinajstić information content (AvgIpc) is 2.47. The first-order valence-electron chi connectivity index (χ1n) is 8.17. The fraction of sp³-hybridized carbons (Fsp3) is 0.938. The number of piperidine rings is 1. The lowest BCUT2D eigenvalue weighted by Gasteiger charge is -2.45. The third-order valence-electron chi connectivity index (χ3n) is 5.48. The Labute approximate surface area is 111 Å². The molecule has 1 aliphatic heterocycles. The third-order valence-corrected chi connectivity index (χ3v) is 5.48. The van der Waals surface area contributed by atoms with E-state index in [1.807, 2.05) is 0 Å². The van der Waals surface area contributed by atoms with Crippen molar-refractivity contribution in [2.24, 2.45) is 11.8 Å². The van der Waals surface area contributed by atoms with Crippen molar-refractivity contribution in [1.82, 2.24) is 4.90 Å². The maximum atomic E-state index is 12.7. The molecule has 2 aliphatic carbocycles. The highest BCUT2D eigenvalue weighted by Gasteiger charge is 2.37. The van der Waals surface area contributed by atoms with E-state index in [9.17, 15) is 4.79 Å². The Bertz CT molecular complexity index is 293. The first kappa shape index (κ1) is 12.5. The van der Waals surface area contributed by atoms with E-state index < -0.39 is 0 Å². The molecule has 1 heterocycles. The second kappa shape index (κ2) is 5.63. The number of rotatable bonds is 1. The summed E-state index contributed by atoms with van der Waals surface area (Å²) in [5.41, 5.74) is 0. The van der Waals surface area contributed by atoms with Gasteiger partial charge in [0, 0.05) is 18.5 Å². The second-order valence-electron chi connectivity index (χ2n) is 6.62. The fourth-order valence-electron chi connectivity index (χ4n) is 4.48. The van der Waals surface area contributed by atoms with E-state index in [2.05, 4.69) is 4.90 Å². The molecular formula is C16H27NO. The van der Waals surface area contributed by atoms with Gasteiger partial charge in [-0.05, 0) is 44.4 Å². The van der Waals surface area contributed by atoms with Crippen LogP contribution in [0, 0.1) is 11.8 Å².